The van der Waals surface area contributed by atoms with Crippen LogP contribution >= 0.6 is 0 Å². The highest BCUT2D eigenvalue weighted by Gasteiger charge is 2.26. The molecule has 1 atom stereocenters. The molecule has 1 aromatic rings. The average molecular weight is 306 g/mol. The van der Waals surface area contributed by atoms with E-state index in [4.69, 9.17) is 0 Å². The van der Waals surface area contributed by atoms with Gasteiger partial charge in [-0.05, 0) is 25.3 Å². The highest BCUT2D eigenvalue weighted by molar-refractivity contribution is 5.92. The molecule has 7 nitrogen and oxygen atoms in total. The number of aromatic nitrogens is 2. The van der Waals surface area contributed by atoms with Crippen molar-refractivity contribution in [1.82, 2.24) is 19.6 Å². The van der Waals surface area contributed by atoms with Gasteiger partial charge in [0.25, 0.3) is 5.91 Å². The number of carbonyl (C=O) groups is 2. The molecule has 2 aliphatic heterocycles. The Labute approximate surface area is 129 Å². The van der Waals surface area contributed by atoms with Crippen molar-refractivity contribution in [2.75, 3.05) is 19.6 Å². The van der Waals surface area contributed by atoms with Crippen LogP contribution in [0.25, 0.3) is 0 Å². The number of β-amino-alcohol motifs (C(OH)–C–C–N with tert-alkyl or cyclic N) is 1. The molecule has 22 heavy (non-hydrogen) atoms. The normalized spacial score (nSPS) is 22.2. The molecule has 120 valence electrons. The molecule has 1 aromatic heterocycles. The van der Waals surface area contributed by atoms with E-state index in [1.54, 1.807) is 22.8 Å². The summed E-state index contributed by atoms with van der Waals surface area (Å²) in [7, 11) is 0. The number of carbonyl (C=O) groups excluding carboxylic acids is 2. The van der Waals surface area contributed by atoms with E-state index in [0.29, 0.717) is 25.3 Å². The topological polar surface area (TPSA) is 78.7 Å². The Morgan fingerprint density at radius 3 is 2.73 bits per heavy atom. The van der Waals surface area contributed by atoms with E-state index < -0.39 is 6.10 Å². The van der Waals surface area contributed by atoms with Crippen LogP contribution in [0.5, 0.6) is 0 Å². The molecule has 3 rings (SSSR count). The minimum atomic E-state index is -0.439. The van der Waals surface area contributed by atoms with Crippen LogP contribution in [0.2, 0.25) is 0 Å². The SMILES string of the molecule is CC(=O)N1CCCn2nc(C(=O)N3CCC[C@@H](O)C3)cc2C1. The molecule has 0 aliphatic carbocycles. The first kappa shape index (κ1) is 15.0. The summed E-state index contributed by atoms with van der Waals surface area (Å²) >= 11 is 0. The lowest BCUT2D eigenvalue weighted by atomic mass is 10.1. The number of nitrogens with zero attached hydrogens (tertiary/aromatic N) is 4. The largest absolute Gasteiger partial charge is 0.391 e. The van der Waals surface area contributed by atoms with Crippen molar-refractivity contribution in [2.24, 2.45) is 0 Å². The van der Waals surface area contributed by atoms with E-state index in [1.807, 2.05) is 4.68 Å². The van der Waals surface area contributed by atoms with E-state index in [9.17, 15) is 14.7 Å². The van der Waals surface area contributed by atoms with Crippen LogP contribution in [0, 0.1) is 0 Å². The number of aryl methyl sites for hydroxylation is 1. The average Bonchev–Trinajstić information content (AvgIpc) is 2.78. The predicted octanol–water partition coefficient (Wildman–Crippen LogP) is 0.232. The van der Waals surface area contributed by atoms with Gasteiger partial charge in [-0.25, -0.2) is 0 Å². The van der Waals surface area contributed by atoms with Gasteiger partial charge in [0, 0.05) is 33.1 Å². The molecule has 0 spiro atoms. The van der Waals surface area contributed by atoms with E-state index in [1.165, 1.54) is 0 Å². The van der Waals surface area contributed by atoms with Crippen molar-refractivity contribution in [3.8, 4) is 0 Å². The first-order valence-corrected chi connectivity index (χ1v) is 7.84. The summed E-state index contributed by atoms with van der Waals surface area (Å²) in [6.07, 6.45) is 1.96. The number of hydrogen-bond acceptors (Lipinski definition) is 4. The van der Waals surface area contributed by atoms with Gasteiger partial charge in [0.1, 0.15) is 0 Å². The third-order valence-electron chi connectivity index (χ3n) is 4.36. The van der Waals surface area contributed by atoms with Crippen LogP contribution in [0.15, 0.2) is 6.07 Å². The lowest BCUT2D eigenvalue weighted by molar-refractivity contribution is -0.129. The number of hydrogen-bond donors (Lipinski definition) is 1. The minimum absolute atomic E-state index is 0.0432. The van der Waals surface area contributed by atoms with Gasteiger partial charge in [-0.3, -0.25) is 14.3 Å². The van der Waals surface area contributed by atoms with Crippen molar-refractivity contribution in [3.05, 3.63) is 17.5 Å². The van der Waals surface area contributed by atoms with Crippen molar-refractivity contribution in [1.29, 1.82) is 0 Å². The maximum absolute atomic E-state index is 12.5. The summed E-state index contributed by atoms with van der Waals surface area (Å²) in [4.78, 5) is 27.5. The van der Waals surface area contributed by atoms with Crippen molar-refractivity contribution >= 4 is 11.8 Å². The summed E-state index contributed by atoms with van der Waals surface area (Å²) in [6.45, 7) is 4.54. The van der Waals surface area contributed by atoms with E-state index in [2.05, 4.69) is 5.10 Å². The fourth-order valence-corrected chi connectivity index (χ4v) is 3.14. The zero-order valence-corrected chi connectivity index (χ0v) is 12.9. The fraction of sp³-hybridized carbons (Fsp3) is 0.667. The molecule has 0 unspecified atom stereocenters. The zero-order chi connectivity index (χ0) is 15.7. The Hall–Kier alpha value is -1.89. The summed E-state index contributed by atoms with van der Waals surface area (Å²) in [6, 6.07) is 1.78. The third kappa shape index (κ3) is 2.99. The second-order valence-corrected chi connectivity index (χ2v) is 6.09. The van der Waals surface area contributed by atoms with Gasteiger partial charge in [0.05, 0.1) is 18.3 Å². The van der Waals surface area contributed by atoms with Gasteiger partial charge in [-0.2, -0.15) is 5.10 Å². The second kappa shape index (κ2) is 6.08. The number of aliphatic hydroxyl groups is 1. The molecule has 0 radical (unpaired) electrons. The van der Waals surface area contributed by atoms with Gasteiger partial charge in [0.15, 0.2) is 5.69 Å². The lowest BCUT2D eigenvalue weighted by Gasteiger charge is -2.29. The van der Waals surface area contributed by atoms with Crippen molar-refractivity contribution in [2.45, 2.75) is 45.4 Å². The van der Waals surface area contributed by atoms with Gasteiger partial charge in [0.2, 0.25) is 5.91 Å². The minimum Gasteiger partial charge on any atom is -0.391 e. The molecule has 1 N–H and O–H groups in total. The first-order chi connectivity index (χ1) is 10.5. The molecule has 0 saturated carbocycles. The van der Waals surface area contributed by atoms with Crippen molar-refractivity contribution < 1.29 is 14.7 Å². The monoisotopic (exact) mass is 306 g/mol. The number of rotatable bonds is 1. The maximum atomic E-state index is 12.5. The number of fused-ring (bicyclic) bond motifs is 1. The highest BCUT2D eigenvalue weighted by Crippen LogP contribution is 2.17. The highest BCUT2D eigenvalue weighted by atomic mass is 16.3. The molecule has 2 aliphatic rings. The van der Waals surface area contributed by atoms with Gasteiger partial charge in [-0.15, -0.1) is 0 Å². The molecule has 3 heterocycles. The third-order valence-corrected chi connectivity index (χ3v) is 4.36. The fourth-order valence-electron chi connectivity index (χ4n) is 3.14. The predicted molar refractivity (Wildman–Crippen MR) is 79.1 cm³/mol. The standard InChI is InChI=1S/C15H22N4O3/c1-11(20)17-6-3-7-19-12(9-17)8-14(16-19)15(22)18-5-2-4-13(21)10-18/h8,13,21H,2-7,9-10H2,1H3/t13-/m1/s1. The Kier molecular flexibility index (Phi) is 4.15. The maximum Gasteiger partial charge on any atom is 0.274 e. The quantitative estimate of drug-likeness (QED) is 0.806. The number of likely N-dealkylation sites (tertiary alicyclic amines) is 1. The smallest absolute Gasteiger partial charge is 0.274 e. The van der Waals surface area contributed by atoms with Crippen LogP contribution in [-0.2, 0) is 17.9 Å². The Morgan fingerprint density at radius 2 is 2.00 bits per heavy atom. The molecule has 0 aromatic carbocycles. The summed E-state index contributed by atoms with van der Waals surface area (Å²) in [5.41, 5.74) is 1.31. The Bertz CT molecular complexity index is 583. The van der Waals surface area contributed by atoms with E-state index >= 15 is 0 Å². The summed E-state index contributed by atoms with van der Waals surface area (Å²) in [5.74, 6) is -0.0876. The van der Waals surface area contributed by atoms with Crippen molar-refractivity contribution in [3.63, 3.8) is 0 Å². The molecule has 1 fully saturated rings. The van der Waals surface area contributed by atoms with Crippen LogP contribution in [0.3, 0.4) is 0 Å². The lowest BCUT2D eigenvalue weighted by Crippen LogP contribution is -2.42. The van der Waals surface area contributed by atoms with Gasteiger partial charge >= 0.3 is 0 Å². The van der Waals surface area contributed by atoms with Crippen LogP contribution in [0.4, 0.5) is 0 Å². The molecule has 7 heteroatoms. The van der Waals surface area contributed by atoms with Crippen LogP contribution < -0.4 is 0 Å². The number of amides is 2. The molecular formula is C15H22N4O3. The number of aliphatic hydroxyl groups excluding tert-OH is 1. The summed E-state index contributed by atoms with van der Waals surface area (Å²) in [5, 5.41) is 14.1. The first-order valence-electron chi connectivity index (χ1n) is 7.84. The van der Waals surface area contributed by atoms with Gasteiger partial charge < -0.3 is 14.9 Å². The molecule has 0 bridgehead atoms. The summed E-state index contributed by atoms with van der Waals surface area (Å²) < 4.78 is 1.83. The second-order valence-electron chi connectivity index (χ2n) is 6.09. The zero-order valence-electron chi connectivity index (χ0n) is 12.9. The van der Waals surface area contributed by atoms with Gasteiger partial charge in [-0.1, -0.05) is 0 Å². The van der Waals surface area contributed by atoms with Crippen LogP contribution in [0.1, 0.15) is 42.4 Å². The Balaban J connectivity index is 1.77. The molecular weight excluding hydrogens is 284 g/mol. The van der Waals surface area contributed by atoms with E-state index in [0.717, 1.165) is 38.0 Å². The van der Waals surface area contributed by atoms with E-state index in [-0.39, 0.29) is 11.8 Å². The number of piperidine rings is 1. The molecule has 2 amide bonds. The Morgan fingerprint density at radius 1 is 1.23 bits per heavy atom. The van der Waals surface area contributed by atoms with Crippen LogP contribution in [-0.4, -0.2) is 62.2 Å². The molecule has 1 saturated heterocycles.